The number of rotatable bonds is 1. The maximum absolute atomic E-state index is 10.8. The topological polar surface area (TPSA) is 61.0 Å². The molecule has 5 heteroatoms. The fourth-order valence-electron chi connectivity index (χ4n) is 1.56. The summed E-state index contributed by atoms with van der Waals surface area (Å²) in [6.07, 6.45) is 0. The molecule has 0 amide bonds. The van der Waals surface area contributed by atoms with Crippen LogP contribution >= 0.6 is 0 Å². The van der Waals surface area contributed by atoms with Crippen molar-refractivity contribution in [2.24, 2.45) is 7.05 Å². The van der Waals surface area contributed by atoms with Crippen LogP contribution in [0.3, 0.4) is 0 Å². The van der Waals surface area contributed by atoms with Crippen LogP contribution < -0.4 is 0 Å². The van der Waals surface area contributed by atoms with Crippen LogP contribution in [-0.2, 0) is 7.05 Å². The Kier molecular flexibility index (Phi) is 1.73. The van der Waals surface area contributed by atoms with Crippen molar-refractivity contribution in [2.45, 2.75) is 6.92 Å². The first kappa shape index (κ1) is 8.68. The maximum Gasteiger partial charge on any atom is 0.352 e. The number of hydrogen-bond donors (Lipinski definition) is 0. The van der Waals surface area contributed by atoms with Gasteiger partial charge in [0.1, 0.15) is 12.6 Å². The van der Waals surface area contributed by atoms with Gasteiger partial charge in [-0.1, -0.05) is 17.2 Å². The van der Waals surface area contributed by atoms with E-state index in [1.807, 2.05) is 13.0 Å². The Morgan fingerprint density at radius 3 is 2.86 bits per heavy atom. The summed E-state index contributed by atoms with van der Waals surface area (Å²) in [6, 6.07) is 5.40. The lowest BCUT2D eigenvalue weighted by Gasteiger charge is -1.93. The molecule has 0 spiro atoms. The second-order valence-corrected chi connectivity index (χ2v) is 3.18. The van der Waals surface area contributed by atoms with E-state index in [4.69, 9.17) is 0 Å². The molecule has 0 unspecified atom stereocenters. The van der Waals surface area contributed by atoms with E-state index in [9.17, 15) is 10.1 Å². The summed E-state index contributed by atoms with van der Waals surface area (Å²) in [5, 5.41) is 15.5. The fraction of sp³-hybridized carbons (Fsp3) is 0.222. The molecule has 1 aromatic carbocycles. The standard InChI is InChI=1S/C9H9N3O2/c1-6-4-3-5-7-8(6)10-11(2)9(7)12(13)14/h3-5H,1-2H3. The predicted octanol–water partition coefficient (Wildman–Crippen LogP) is 1.79. The maximum atomic E-state index is 10.8. The minimum Gasteiger partial charge on any atom is -0.358 e. The highest BCUT2D eigenvalue weighted by Gasteiger charge is 2.19. The number of aryl methyl sites for hydroxylation is 2. The number of fused-ring (bicyclic) bond motifs is 1. The molecule has 0 aliphatic heterocycles. The second-order valence-electron chi connectivity index (χ2n) is 3.18. The van der Waals surface area contributed by atoms with E-state index in [0.29, 0.717) is 10.9 Å². The molecule has 0 aliphatic rings. The molecule has 0 saturated heterocycles. The van der Waals surface area contributed by atoms with Gasteiger partial charge in [0.2, 0.25) is 0 Å². The van der Waals surface area contributed by atoms with Crippen molar-refractivity contribution in [3.8, 4) is 0 Å². The van der Waals surface area contributed by atoms with E-state index in [-0.39, 0.29) is 5.82 Å². The first-order valence-corrected chi connectivity index (χ1v) is 4.18. The van der Waals surface area contributed by atoms with Crippen LogP contribution in [0.5, 0.6) is 0 Å². The summed E-state index contributed by atoms with van der Waals surface area (Å²) in [5.74, 6) is 0.0451. The highest BCUT2D eigenvalue weighted by Crippen LogP contribution is 2.26. The lowest BCUT2D eigenvalue weighted by Crippen LogP contribution is -1.97. The smallest absolute Gasteiger partial charge is 0.352 e. The largest absolute Gasteiger partial charge is 0.358 e. The predicted molar refractivity (Wildman–Crippen MR) is 52.1 cm³/mol. The van der Waals surface area contributed by atoms with E-state index in [2.05, 4.69) is 5.10 Å². The zero-order valence-corrected chi connectivity index (χ0v) is 7.89. The molecule has 0 aliphatic carbocycles. The summed E-state index contributed by atoms with van der Waals surface area (Å²) >= 11 is 0. The van der Waals surface area contributed by atoms with Crippen molar-refractivity contribution in [3.05, 3.63) is 33.9 Å². The Labute approximate surface area is 80.1 Å². The molecular formula is C9H9N3O2. The zero-order chi connectivity index (χ0) is 10.3. The summed E-state index contributed by atoms with van der Waals surface area (Å²) in [6.45, 7) is 1.89. The van der Waals surface area contributed by atoms with Gasteiger partial charge in [-0.05, 0) is 23.5 Å². The number of aromatic nitrogens is 2. The Bertz CT molecular complexity index is 516. The van der Waals surface area contributed by atoms with Gasteiger partial charge < -0.3 is 10.1 Å². The molecule has 0 atom stereocenters. The second kappa shape index (κ2) is 2.80. The van der Waals surface area contributed by atoms with Crippen molar-refractivity contribution < 1.29 is 4.92 Å². The third-order valence-electron chi connectivity index (χ3n) is 2.21. The molecular weight excluding hydrogens is 182 g/mol. The molecule has 0 radical (unpaired) electrons. The van der Waals surface area contributed by atoms with Gasteiger partial charge in [-0.25, -0.2) is 0 Å². The van der Waals surface area contributed by atoms with Gasteiger partial charge in [-0.3, -0.25) is 0 Å². The number of nitrogens with zero attached hydrogens (tertiary/aromatic N) is 3. The highest BCUT2D eigenvalue weighted by molar-refractivity contribution is 5.89. The van der Waals surface area contributed by atoms with Gasteiger partial charge in [-0.2, -0.15) is 0 Å². The summed E-state index contributed by atoms with van der Waals surface area (Å²) < 4.78 is 1.30. The lowest BCUT2D eigenvalue weighted by atomic mass is 10.1. The molecule has 1 aromatic heterocycles. The van der Waals surface area contributed by atoms with Crippen molar-refractivity contribution in [3.63, 3.8) is 0 Å². The molecule has 1 heterocycles. The molecule has 0 bridgehead atoms. The Hall–Kier alpha value is -1.91. The van der Waals surface area contributed by atoms with Crippen LogP contribution in [0.15, 0.2) is 18.2 Å². The van der Waals surface area contributed by atoms with Crippen LogP contribution in [0.1, 0.15) is 5.56 Å². The molecule has 2 rings (SSSR count). The number of nitro groups is 1. The van der Waals surface area contributed by atoms with Gasteiger partial charge in [0.15, 0.2) is 0 Å². The van der Waals surface area contributed by atoms with Crippen LogP contribution in [0.4, 0.5) is 5.82 Å². The number of hydrogen-bond acceptors (Lipinski definition) is 3. The van der Waals surface area contributed by atoms with Crippen LogP contribution in [0, 0.1) is 17.0 Å². The third-order valence-corrected chi connectivity index (χ3v) is 2.21. The van der Waals surface area contributed by atoms with Gasteiger partial charge in [-0.15, -0.1) is 4.68 Å². The van der Waals surface area contributed by atoms with E-state index in [1.165, 1.54) is 4.68 Å². The normalized spacial score (nSPS) is 10.7. The minimum atomic E-state index is -0.408. The summed E-state index contributed by atoms with van der Waals surface area (Å²) in [7, 11) is 1.58. The van der Waals surface area contributed by atoms with Gasteiger partial charge >= 0.3 is 5.82 Å². The monoisotopic (exact) mass is 191 g/mol. The van der Waals surface area contributed by atoms with Crippen molar-refractivity contribution in [1.82, 2.24) is 9.78 Å². The molecule has 2 aromatic rings. The quantitative estimate of drug-likeness (QED) is 0.510. The summed E-state index contributed by atoms with van der Waals surface area (Å²) in [4.78, 5) is 10.3. The van der Waals surface area contributed by atoms with E-state index in [1.54, 1.807) is 19.2 Å². The summed E-state index contributed by atoms with van der Waals surface area (Å²) in [5.41, 5.74) is 1.65. The first-order chi connectivity index (χ1) is 6.61. The molecule has 5 nitrogen and oxygen atoms in total. The lowest BCUT2D eigenvalue weighted by molar-refractivity contribution is -0.390. The molecule has 0 fully saturated rings. The molecule has 0 N–H and O–H groups in total. The number of benzene rings is 1. The molecule has 72 valence electrons. The van der Waals surface area contributed by atoms with Crippen LogP contribution in [0.2, 0.25) is 0 Å². The van der Waals surface area contributed by atoms with Crippen LogP contribution in [0.25, 0.3) is 10.9 Å². The minimum absolute atomic E-state index is 0.0451. The highest BCUT2D eigenvalue weighted by atomic mass is 16.6. The van der Waals surface area contributed by atoms with E-state index in [0.717, 1.165) is 5.56 Å². The van der Waals surface area contributed by atoms with E-state index < -0.39 is 4.92 Å². The SMILES string of the molecule is Cc1cccc2c([N+](=O)[O-])n(C)nc12. The van der Waals surface area contributed by atoms with Crippen molar-refractivity contribution in [2.75, 3.05) is 0 Å². The Morgan fingerprint density at radius 2 is 2.21 bits per heavy atom. The molecule has 14 heavy (non-hydrogen) atoms. The van der Waals surface area contributed by atoms with Crippen molar-refractivity contribution >= 4 is 16.7 Å². The molecule has 0 saturated carbocycles. The zero-order valence-electron chi connectivity index (χ0n) is 7.89. The third kappa shape index (κ3) is 1.06. The Morgan fingerprint density at radius 1 is 1.50 bits per heavy atom. The average Bonchev–Trinajstić information content (AvgIpc) is 2.42. The van der Waals surface area contributed by atoms with E-state index >= 15 is 0 Å². The first-order valence-electron chi connectivity index (χ1n) is 4.18. The van der Waals surface area contributed by atoms with Gasteiger partial charge in [0.05, 0.1) is 5.39 Å². The van der Waals surface area contributed by atoms with Gasteiger partial charge in [0.25, 0.3) is 0 Å². The average molecular weight is 191 g/mol. The van der Waals surface area contributed by atoms with Crippen molar-refractivity contribution in [1.29, 1.82) is 0 Å². The van der Waals surface area contributed by atoms with Crippen LogP contribution in [-0.4, -0.2) is 14.7 Å². The Balaban J connectivity index is 2.90. The fourth-order valence-corrected chi connectivity index (χ4v) is 1.56. The van der Waals surface area contributed by atoms with Gasteiger partial charge in [0, 0.05) is 0 Å².